The number of rotatable bonds is 8. The Morgan fingerprint density at radius 3 is 2.83 bits per heavy atom. The first kappa shape index (κ1) is 19.6. The molecular formula is C20H22F2N2O5. The van der Waals surface area contributed by atoms with Crippen molar-refractivity contribution in [1.29, 1.82) is 0 Å². The first-order valence-electron chi connectivity index (χ1n) is 9.63. The number of alkyl halides is 2. The third-order valence-electron chi connectivity index (χ3n) is 5.78. The highest BCUT2D eigenvalue weighted by molar-refractivity contribution is 5.69. The van der Waals surface area contributed by atoms with Crippen LogP contribution < -0.4 is 9.47 Å². The smallest absolute Gasteiger partial charge is 0.387 e. The highest BCUT2D eigenvalue weighted by Gasteiger charge is 2.40. The van der Waals surface area contributed by atoms with E-state index in [1.54, 1.807) is 0 Å². The van der Waals surface area contributed by atoms with E-state index in [4.69, 9.17) is 14.0 Å². The molecule has 2 bridgehead atoms. The number of hydrogen-bond acceptors (Lipinski definition) is 7. The van der Waals surface area contributed by atoms with E-state index in [-0.39, 0.29) is 35.8 Å². The van der Waals surface area contributed by atoms with Crippen molar-refractivity contribution in [3.63, 3.8) is 0 Å². The van der Waals surface area contributed by atoms with Crippen molar-refractivity contribution in [2.75, 3.05) is 7.11 Å². The van der Waals surface area contributed by atoms with Gasteiger partial charge in [-0.2, -0.15) is 13.8 Å². The van der Waals surface area contributed by atoms with Gasteiger partial charge in [-0.3, -0.25) is 4.79 Å². The molecular weight excluding hydrogens is 386 g/mol. The molecule has 0 radical (unpaired) electrons. The maximum atomic E-state index is 12.4. The van der Waals surface area contributed by atoms with Gasteiger partial charge in [-0.25, -0.2) is 0 Å². The summed E-state index contributed by atoms with van der Waals surface area (Å²) in [6.45, 7) is -3.06. The van der Waals surface area contributed by atoms with Gasteiger partial charge in [0.05, 0.1) is 7.11 Å². The Bertz CT molecular complexity index is 872. The summed E-state index contributed by atoms with van der Waals surface area (Å²) >= 11 is 0. The van der Waals surface area contributed by atoms with Gasteiger partial charge in [0.2, 0.25) is 5.82 Å². The van der Waals surface area contributed by atoms with E-state index < -0.39 is 6.61 Å². The molecule has 2 aliphatic rings. The summed E-state index contributed by atoms with van der Waals surface area (Å²) < 4.78 is 44.7. The summed E-state index contributed by atoms with van der Waals surface area (Å²) in [4.78, 5) is 16.3. The van der Waals surface area contributed by atoms with Gasteiger partial charge in [-0.05, 0) is 55.2 Å². The second kappa shape index (κ2) is 8.34. The first-order valence-corrected chi connectivity index (χ1v) is 9.63. The number of carbonyl (C=O) groups excluding carboxylic acids is 1. The van der Waals surface area contributed by atoms with Gasteiger partial charge < -0.3 is 18.7 Å². The largest absolute Gasteiger partial charge is 0.493 e. The van der Waals surface area contributed by atoms with Crippen molar-refractivity contribution in [3.05, 3.63) is 24.1 Å². The summed E-state index contributed by atoms with van der Waals surface area (Å²) in [6, 6.07) is 4.31. The van der Waals surface area contributed by atoms with E-state index in [9.17, 15) is 13.6 Å². The SMILES string of the molecule is COc1cc(-c2noc(COC(=O)C[C@@H]3C[C@H]4CC[C@H]3C4)n2)ccc1OC(F)F. The zero-order valence-corrected chi connectivity index (χ0v) is 16.0. The van der Waals surface area contributed by atoms with E-state index >= 15 is 0 Å². The number of methoxy groups -OCH3 is 1. The van der Waals surface area contributed by atoms with Crippen molar-refractivity contribution in [3.8, 4) is 22.9 Å². The van der Waals surface area contributed by atoms with Crippen molar-refractivity contribution in [2.24, 2.45) is 17.8 Å². The fourth-order valence-corrected chi connectivity index (χ4v) is 4.47. The topological polar surface area (TPSA) is 83.7 Å². The number of nitrogens with zero attached hydrogens (tertiary/aromatic N) is 2. The minimum absolute atomic E-state index is 0.0930. The molecule has 2 aliphatic carbocycles. The van der Waals surface area contributed by atoms with E-state index in [2.05, 4.69) is 14.9 Å². The van der Waals surface area contributed by atoms with Gasteiger partial charge in [0.15, 0.2) is 18.1 Å². The average molecular weight is 408 g/mol. The molecule has 0 aliphatic heterocycles. The normalized spacial score (nSPS) is 22.8. The fourth-order valence-electron chi connectivity index (χ4n) is 4.47. The fraction of sp³-hybridized carbons (Fsp3) is 0.550. The van der Waals surface area contributed by atoms with Crippen LogP contribution in [0.5, 0.6) is 11.5 Å². The highest BCUT2D eigenvalue weighted by atomic mass is 19.3. The lowest BCUT2D eigenvalue weighted by atomic mass is 9.86. The average Bonchev–Trinajstić information content (AvgIpc) is 3.43. The number of ether oxygens (including phenoxy) is 3. The van der Waals surface area contributed by atoms with Crippen LogP contribution in [0, 0.1) is 17.8 Å². The maximum absolute atomic E-state index is 12.4. The summed E-state index contributed by atoms with van der Waals surface area (Å²) in [5.41, 5.74) is 0.492. The van der Waals surface area contributed by atoms with Crippen molar-refractivity contribution < 1.29 is 32.3 Å². The molecule has 2 aromatic rings. The van der Waals surface area contributed by atoms with Crippen molar-refractivity contribution >= 4 is 5.97 Å². The van der Waals surface area contributed by atoms with Crippen LogP contribution in [-0.4, -0.2) is 29.8 Å². The molecule has 1 aromatic heterocycles. The molecule has 0 N–H and O–H groups in total. The van der Waals surface area contributed by atoms with Gasteiger partial charge >= 0.3 is 12.6 Å². The standard InChI is InChI=1S/C20H22F2N2O5/c1-26-16-8-13(4-5-15(16)28-20(21)22)19-23-17(29-24-19)10-27-18(25)9-14-7-11-2-3-12(14)6-11/h4-5,8,11-12,14,20H,2-3,6-7,9-10H2,1H3/t11-,12-,14-/m0/s1. The zero-order valence-electron chi connectivity index (χ0n) is 16.0. The first-order chi connectivity index (χ1) is 14.0. The van der Waals surface area contributed by atoms with Crippen LogP contribution in [0.1, 0.15) is 38.0 Å². The predicted octanol–water partition coefficient (Wildman–Crippen LogP) is 4.22. The Kier molecular flexibility index (Phi) is 5.64. The zero-order chi connectivity index (χ0) is 20.4. The molecule has 7 nitrogen and oxygen atoms in total. The predicted molar refractivity (Wildman–Crippen MR) is 96.3 cm³/mol. The molecule has 3 atom stereocenters. The summed E-state index contributed by atoms with van der Waals surface area (Å²) in [5.74, 6) is 2.04. The molecule has 2 saturated carbocycles. The molecule has 0 unspecified atom stereocenters. The summed E-state index contributed by atoms with van der Waals surface area (Å²) in [7, 11) is 1.34. The van der Waals surface area contributed by atoms with Crippen LogP contribution in [0.15, 0.2) is 22.7 Å². The van der Waals surface area contributed by atoms with Gasteiger partial charge in [0.25, 0.3) is 5.89 Å². The second-order valence-corrected chi connectivity index (χ2v) is 7.56. The number of carbonyl (C=O) groups is 1. The Balaban J connectivity index is 1.34. The van der Waals surface area contributed by atoms with Crippen LogP contribution >= 0.6 is 0 Å². The Labute approximate surface area is 166 Å². The molecule has 2 fully saturated rings. The van der Waals surface area contributed by atoms with Crippen LogP contribution in [0.2, 0.25) is 0 Å². The number of halogens is 2. The third-order valence-corrected chi connectivity index (χ3v) is 5.78. The van der Waals surface area contributed by atoms with Gasteiger partial charge in [0.1, 0.15) is 0 Å². The minimum atomic E-state index is -2.96. The molecule has 0 spiro atoms. The molecule has 1 aromatic carbocycles. The van der Waals surface area contributed by atoms with Crippen LogP contribution in [-0.2, 0) is 16.1 Å². The van der Waals surface area contributed by atoms with Gasteiger partial charge in [-0.1, -0.05) is 11.6 Å². The molecule has 1 heterocycles. The van der Waals surface area contributed by atoms with E-state index in [1.165, 1.54) is 44.6 Å². The summed E-state index contributed by atoms with van der Waals surface area (Å²) in [6.07, 6.45) is 5.32. The van der Waals surface area contributed by atoms with Crippen molar-refractivity contribution in [2.45, 2.75) is 45.3 Å². The number of fused-ring (bicyclic) bond motifs is 2. The molecule has 4 rings (SSSR count). The third kappa shape index (κ3) is 4.49. The van der Waals surface area contributed by atoms with Gasteiger partial charge in [0, 0.05) is 12.0 Å². The Hall–Kier alpha value is -2.71. The Morgan fingerprint density at radius 2 is 2.14 bits per heavy atom. The van der Waals surface area contributed by atoms with Crippen LogP contribution in [0.4, 0.5) is 8.78 Å². The monoisotopic (exact) mass is 408 g/mol. The number of benzene rings is 1. The number of aromatic nitrogens is 2. The lowest BCUT2D eigenvalue weighted by Gasteiger charge is -2.20. The van der Waals surface area contributed by atoms with Crippen molar-refractivity contribution in [1.82, 2.24) is 10.1 Å². The minimum Gasteiger partial charge on any atom is -0.493 e. The molecule has 9 heteroatoms. The van der Waals surface area contributed by atoms with E-state index in [0.29, 0.717) is 23.8 Å². The van der Waals surface area contributed by atoms with E-state index in [1.807, 2.05) is 0 Å². The van der Waals surface area contributed by atoms with E-state index in [0.717, 1.165) is 12.3 Å². The second-order valence-electron chi connectivity index (χ2n) is 7.56. The van der Waals surface area contributed by atoms with Crippen LogP contribution in [0.3, 0.4) is 0 Å². The maximum Gasteiger partial charge on any atom is 0.387 e. The quantitative estimate of drug-likeness (QED) is 0.605. The number of hydrogen-bond donors (Lipinski definition) is 0. The highest BCUT2D eigenvalue weighted by Crippen LogP contribution is 2.49. The molecule has 0 saturated heterocycles. The number of esters is 1. The van der Waals surface area contributed by atoms with Gasteiger partial charge in [-0.15, -0.1) is 0 Å². The molecule has 0 amide bonds. The molecule has 156 valence electrons. The molecule has 29 heavy (non-hydrogen) atoms. The summed E-state index contributed by atoms with van der Waals surface area (Å²) in [5, 5.41) is 3.84. The lowest BCUT2D eigenvalue weighted by molar-refractivity contribution is -0.147. The Morgan fingerprint density at radius 1 is 1.28 bits per heavy atom. The lowest BCUT2D eigenvalue weighted by Crippen LogP contribution is -2.17. The van der Waals surface area contributed by atoms with Crippen LogP contribution in [0.25, 0.3) is 11.4 Å².